The maximum absolute atomic E-state index is 13.3. The number of piperidine rings is 1. The van der Waals surface area contributed by atoms with Crippen LogP contribution in [-0.4, -0.2) is 71.8 Å². The van der Waals surface area contributed by atoms with Crippen molar-refractivity contribution < 1.29 is 32.5 Å². The number of amides is 1. The number of alkyl halides is 3. The van der Waals surface area contributed by atoms with Crippen molar-refractivity contribution in [3.63, 3.8) is 0 Å². The zero-order valence-corrected chi connectivity index (χ0v) is 23.1. The molecule has 2 heterocycles. The van der Waals surface area contributed by atoms with Crippen LogP contribution in [0.1, 0.15) is 54.4 Å². The number of halogens is 3. The molecule has 6 nitrogen and oxygen atoms in total. The number of carbonyl (C=O) groups is 1. The van der Waals surface area contributed by atoms with Gasteiger partial charge >= 0.3 is 6.18 Å². The minimum absolute atomic E-state index is 0.0174. The number of likely N-dealkylation sites (tertiary alicyclic amines) is 1. The van der Waals surface area contributed by atoms with E-state index in [1.165, 1.54) is 30.5 Å². The SMILES string of the molecule is COc1ccc2c3c1O[C@H]1[C@@H](N(C)C(=O)C#Cc4ccc(C(F)(F)F)cc4)CC[C@@]4(O)[C@@H](C2)N(CC2CC2)CC[C@]314. The second-order valence-corrected chi connectivity index (χ2v) is 12.3. The quantitative estimate of drug-likeness (QED) is 0.564. The highest BCUT2D eigenvalue weighted by Crippen LogP contribution is 2.66. The highest BCUT2D eigenvalue weighted by atomic mass is 19.4. The molecular formula is C32H33F3N2O4. The van der Waals surface area contributed by atoms with Gasteiger partial charge in [0.2, 0.25) is 0 Å². The van der Waals surface area contributed by atoms with Crippen molar-refractivity contribution in [2.45, 2.75) is 73.9 Å². The molecule has 9 heteroatoms. The number of rotatable bonds is 4. The lowest BCUT2D eigenvalue weighted by Crippen LogP contribution is -2.78. The zero-order valence-electron chi connectivity index (χ0n) is 23.1. The Kier molecular flexibility index (Phi) is 5.94. The smallest absolute Gasteiger partial charge is 0.416 e. The number of methoxy groups -OCH3 is 1. The fourth-order valence-electron chi connectivity index (χ4n) is 8.11. The third-order valence-electron chi connectivity index (χ3n) is 10.3. The first kappa shape index (κ1) is 26.7. The summed E-state index contributed by atoms with van der Waals surface area (Å²) in [6.45, 7) is 1.87. The van der Waals surface area contributed by atoms with E-state index < -0.39 is 34.8 Å². The fraction of sp³-hybridized carbons (Fsp3) is 0.531. The number of ether oxygens (including phenoxy) is 2. The van der Waals surface area contributed by atoms with E-state index in [4.69, 9.17) is 9.47 Å². The largest absolute Gasteiger partial charge is 0.493 e. The van der Waals surface area contributed by atoms with Crippen LogP contribution in [0.2, 0.25) is 0 Å². The van der Waals surface area contributed by atoms with E-state index in [-0.39, 0.29) is 12.1 Å². The van der Waals surface area contributed by atoms with E-state index in [0.717, 1.165) is 43.6 Å². The Labute approximate surface area is 237 Å². The van der Waals surface area contributed by atoms with E-state index in [2.05, 4.69) is 22.8 Å². The van der Waals surface area contributed by atoms with Crippen molar-refractivity contribution in [2.75, 3.05) is 27.2 Å². The Morgan fingerprint density at radius 1 is 1.17 bits per heavy atom. The zero-order chi connectivity index (χ0) is 28.7. The molecule has 3 aliphatic carbocycles. The van der Waals surface area contributed by atoms with Crippen molar-refractivity contribution in [3.05, 3.63) is 58.7 Å². The first-order valence-corrected chi connectivity index (χ1v) is 14.4. The topological polar surface area (TPSA) is 62.2 Å². The van der Waals surface area contributed by atoms with Gasteiger partial charge in [-0.3, -0.25) is 9.69 Å². The Morgan fingerprint density at radius 3 is 2.61 bits per heavy atom. The average Bonchev–Trinajstić information content (AvgIpc) is 3.70. The van der Waals surface area contributed by atoms with Crippen molar-refractivity contribution >= 4 is 5.91 Å². The van der Waals surface area contributed by atoms with Crippen LogP contribution < -0.4 is 9.47 Å². The molecule has 2 aliphatic heterocycles. The van der Waals surface area contributed by atoms with Gasteiger partial charge in [0.15, 0.2) is 11.5 Å². The molecule has 41 heavy (non-hydrogen) atoms. The average molecular weight is 567 g/mol. The second-order valence-electron chi connectivity index (χ2n) is 12.3. The molecule has 1 N–H and O–H groups in total. The van der Waals surface area contributed by atoms with Crippen LogP contribution in [0.5, 0.6) is 11.5 Å². The van der Waals surface area contributed by atoms with Gasteiger partial charge in [-0.15, -0.1) is 0 Å². The molecule has 1 spiro atoms. The lowest BCUT2D eigenvalue weighted by atomic mass is 9.48. The van der Waals surface area contributed by atoms with Gasteiger partial charge in [-0.2, -0.15) is 13.2 Å². The number of benzene rings is 2. The van der Waals surface area contributed by atoms with E-state index in [1.807, 2.05) is 6.07 Å². The highest BCUT2D eigenvalue weighted by Gasteiger charge is 2.73. The summed E-state index contributed by atoms with van der Waals surface area (Å²) in [4.78, 5) is 17.4. The molecule has 2 saturated carbocycles. The second kappa shape index (κ2) is 9.14. The van der Waals surface area contributed by atoms with E-state index >= 15 is 0 Å². The van der Waals surface area contributed by atoms with E-state index in [0.29, 0.717) is 35.8 Å². The molecule has 0 aromatic heterocycles. The van der Waals surface area contributed by atoms with Crippen molar-refractivity contribution in [2.24, 2.45) is 5.92 Å². The minimum Gasteiger partial charge on any atom is -0.493 e. The number of carbonyl (C=O) groups excluding carboxylic acids is 1. The molecule has 7 rings (SSSR count). The Bertz CT molecular complexity index is 1460. The highest BCUT2D eigenvalue weighted by molar-refractivity contribution is 5.94. The third kappa shape index (κ3) is 3.90. The molecule has 5 atom stereocenters. The minimum atomic E-state index is -4.43. The maximum Gasteiger partial charge on any atom is 0.416 e. The van der Waals surface area contributed by atoms with Crippen LogP contribution in [0.25, 0.3) is 0 Å². The Morgan fingerprint density at radius 2 is 1.93 bits per heavy atom. The van der Waals surface area contributed by atoms with Crippen LogP contribution in [-0.2, 0) is 22.8 Å². The summed E-state index contributed by atoms with van der Waals surface area (Å²) >= 11 is 0. The van der Waals surface area contributed by atoms with Gasteiger partial charge in [-0.1, -0.05) is 12.0 Å². The monoisotopic (exact) mass is 566 g/mol. The van der Waals surface area contributed by atoms with Crippen LogP contribution in [0.4, 0.5) is 13.2 Å². The normalized spacial score (nSPS) is 31.4. The molecule has 1 saturated heterocycles. The summed E-state index contributed by atoms with van der Waals surface area (Å²) in [6, 6.07) is 8.14. The molecular weight excluding hydrogens is 533 g/mol. The molecule has 1 amide bonds. The van der Waals surface area contributed by atoms with Crippen LogP contribution >= 0.6 is 0 Å². The lowest BCUT2D eigenvalue weighted by molar-refractivity contribution is -0.199. The predicted octanol–water partition coefficient (Wildman–Crippen LogP) is 4.16. The number of likely N-dealkylation sites (N-methyl/N-ethyl adjacent to an activating group) is 1. The van der Waals surface area contributed by atoms with Gasteiger partial charge in [-0.05, 0) is 86.9 Å². The molecule has 216 valence electrons. The van der Waals surface area contributed by atoms with Crippen LogP contribution in [0.3, 0.4) is 0 Å². The lowest BCUT2D eigenvalue weighted by Gasteiger charge is -2.64. The first-order valence-electron chi connectivity index (χ1n) is 14.4. The summed E-state index contributed by atoms with van der Waals surface area (Å²) < 4.78 is 51.2. The Hall–Kier alpha value is -3.22. The van der Waals surface area contributed by atoms with Crippen molar-refractivity contribution in [1.82, 2.24) is 9.80 Å². The van der Waals surface area contributed by atoms with Gasteiger partial charge in [-0.25, -0.2) is 0 Å². The summed E-state index contributed by atoms with van der Waals surface area (Å²) in [5, 5.41) is 12.7. The predicted molar refractivity (Wildman–Crippen MR) is 145 cm³/mol. The molecule has 2 aromatic carbocycles. The fourth-order valence-corrected chi connectivity index (χ4v) is 8.11. The molecule has 0 radical (unpaired) electrons. The molecule has 2 aromatic rings. The summed E-state index contributed by atoms with van der Waals surface area (Å²) in [5.74, 6) is 6.90. The molecule has 0 unspecified atom stereocenters. The number of nitrogens with zero attached hydrogens (tertiary/aromatic N) is 2. The maximum atomic E-state index is 13.3. The number of hydrogen-bond acceptors (Lipinski definition) is 5. The van der Waals surface area contributed by atoms with Crippen LogP contribution in [0.15, 0.2) is 36.4 Å². The third-order valence-corrected chi connectivity index (χ3v) is 10.3. The first-order chi connectivity index (χ1) is 19.6. The van der Waals surface area contributed by atoms with Gasteiger partial charge in [0, 0.05) is 36.7 Å². The van der Waals surface area contributed by atoms with Gasteiger partial charge in [0.05, 0.1) is 29.7 Å². The molecule has 5 aliphatic rings. The molecule has 3 fully saturated rings. The van der Waals surface area contributed by atoms with E-state index in [1.54, 1.807) is 19.1 Å². The Balaban J connectivity index is 1.22. The summed E-state index contributed by atoms with van der Waals surface area (Å²) in [5.41, 5.74) is 0.105. The molecule has 2 bridgehead atoms. The van der Waals surface area contributed by atoms with Crippen LogP contribution in [0, 0.1) is 17.8 Å². The van der Waals surface area contributed by atoms with E-state index in [9.17, 15) is 23.1 Å². The standard InChI is InChI=1S/C32H33F3N2O4/c1-36(26(38)12-7-19-5-9-22(10-6-19)32(33,34)35)23-13-14-31(39)25-17-21-8-11-24(40-2)28-27(21)30(31,29(23)41-28)15-16-37(25)18-20-3-4-20/h5-6,8-11,20,23,25,29,39H,3-4,13-18H2,1-2H3/t23-,25+,29-,30-,31+/m0/s1. The van der Waals surface area contributed by atoms with Gasteiger partial charge in [0.1, 0.15) is 6.10 Å². The number of hydrogen-bond donors (Lipinski definition) is 1. The summed E-state index contributed by atoms with van der Waals surface area (Å²) in [7, 11) is 3.31. The van der Waals surface area contributed by atoms with Gasteiger partial charge in [0.25, 0.3) is 5.91 Å². The summed E-state index contributed by atoms with van der Waals surface area (Å²) in [6.07, 6.45) is 0.149. The number of aliphatic hydroxyl groups is 1. The van der Waals surface area contributed by atoms with Crippen molar-refractivity contribution in [3.8, 4) is 23.3 Å². The van der Waals surface area contributed by atoms with Gasteiger partial charge < -0.3 is 19.5 Å². The van der Waals surface area contributed by atoms with Crippen molar-refractivity contribution in [1.29, 1.82) is 0 Å².